The first-order chi connectivity index (χ1) is 13.3. The van der Waals surface area contributed by atoms with Crippen molar-refractivity contribution in [3.05, 3.63) is 71.5 Å². The van der Waals surface area contributed by atoms with E-state index in [2.05, 4.69) is 41.2 Å². The highest BCUT2D eigenvalue weighted by Gasteiger charge is 2.38. The molecule has 1 amide bonds. The van der Waals surface area contributed by atoms with Gasteiger partial charge in [-0.1, -0.05) is 56.7 Å². The Morgan fingerprint density at radius 2 is 1.68 bits per heavy atom. The summed E-state index contributed by atoms with van der Waals surface area (Å²) >= 11 is 0. The van der Waals surface area contributed by atoms with Crippen molar-refractivity contribution < 1.29 is 4.79 Å². The number of amides is 1. The normalized spacial score (nSPS) is 17.1. The van der Waals surface area contributed by atoms with E-state index in [1.54, 1.807) is 17.4 Å². The largest absolute Gasteiger partial charge is 0.272 e. The molecule has 28 heavy (non-hydrogen) atoms. The van der Waals surface area contributed by atoms with Crippen molar-refractivity contribution in [2.24, 2.45) is 10.5 Å². The average molecular weight is 372 g/mol. The smallest absolute Gasteiger partial charge is 0.248 e. The molecule has 1 unspecified atom stereocenters. The standard InChI is InChI=1S/C23H24N4O/c1-15-5-7-16(8-6-15)19-14-21(27(26-19)22(28)23(2,3)4)17-9-10-18-20(13-17)25-12-11-24-18/h5-13,21H,14H2,1-4H3. The van der Waals surface area contributed by atoms with Gasteiger partial charge in [0.15, 0.2) is 0 Å². The van der Waals surface area contributed by atoms with Crippen molar-refractivity contribution in [2.45, 2.75) is 40.2 Å². The Morgan fingerprint density at radius 1 is 1.00 bits per heavy atom. The molecular weight excluding hydrogens is 348 g/mol. The summed E-state index contributed by atoms with van der Waals surface area (Å²) in [5.74, 6) is 0.0128. The molecule has 0 radical (unpaired) electrons. The van der Waals surface area contributed by atoms with E-state index in [-0.39, 0.29) is 11.9 Å². The van der Waals surface area contributed by atoms with Gasteiger partial charge in [-0.15, -0.1) is 0 Å². The molecule has 3 aromatic rings. The van der Waals surface area contributed by atoms with E-state index in [1.165, 1.54) is 5.56 Å². The summed E-state index contributed by atoms with van der Waals surface area (Å²) in [6, 6.07) is 14.2. The Balaban J connectivity index is 1.75. The van der Waals surface area contributed by atoms with Crippen molar-refractivity contribution in [2.75, 3.05) is 0 Å². The van der Waals surface area contributed by atoms with Gasteiger partial charge < -0.3 is 0 Å². The van der Waals surface area contributed by atoms with Gasteiger partial charge in [0.25, 0.3) is 0 Å². The summed E-state index contributed by atoms with van der Waals surface area (Å²) < 4.78 is 0. The van der Waals surface area contributed by atoms with Gasteiger partial charge in [0.05, 0.1) is 22.8 Å². The van der Waals surface area contributed by atoms with Crippen LogP contribution in [0.2, 0.25) is 0 Å². The molecule has 142 valence electrons. The number of nitrogens with zero attached hydrogens (tertiary/aromatic N) is 4. The number of carbonyl (C=O) groups is 1. The van der Waals surface area contributed by atoms with Gasteiger partial charge in [-0.25, -0.2) is 5.01 Å². The second kappa shape index (κ2) is 6.82. The molecule has 1 atom stereocenters. The Bertz CT molecular complexity index is 1060. The third-order valence-corrected chi connectivity index (χ3v) is 5.02. The van der Waals surface area contributed by atoms with Crippen molar-refractivity contribution >= 4 is 22.7 Å². The summed E-state index contributed by atoms with van der Waals surface area (Å²) in [6.45, 7) is 7.85. The maximum atomic E-state index is 13.1. The quantitative estimate of drug-likeness (QED) is 0.657. The second-order valence-electron chi connectivity index (χ2n) is 8.34. The zero-order chi connectivity index (χ0) is 19.9. The molecule has 0 saturated heterocycles. The third-order valence-electron chi connectivity index (χ3n) is 5.02. The van der Waals surface area contributed by atoms with Crippen LogP contribution in [0.15, 0.2) is 60.0 Å². The molecule has 1 aliphatic heterocycles. The first-order valence-corrected chi connectivity index (χ1v) is 9.52. The van der Waals surface area contributed by atoms with Gasteiger partial charge in [-0.05, 0) is 30.2 Å². The molecule has 2 heterocycles. The summed E-state index contributed by atoms with van der Waals surface area (Å²) in [5, 5.41) is 6.42. The van der Waals surface area contributed by atoms with E-state index < -0.39 is 5.41 Å². The molecule has 0 saturated carbocycles. The number of hydrazone groups is 1. The fourth-order valence-electron chi connectivity index (χ4n) is 3.41. The van der Waals surface area contributed by atoms with Crippen LogP contribution in [-0.4, -0.2) is 26.6 Å². The van der Waals surface area contributed by atoms with Crippen LogP contribution < -0.4 is 0 Å². The number of hydrogen-bond acceptors (Lipinski definition) is 4. The van der Waals surface area contributed by atoms with E-state index in [4.69, 9.17) is 5.10 Å². The predicted octanol–water partition coefficient (Wildman–Crippen LogP) is 4.66. The Morgan fingerprint density at radius 3 is 2.36 bits per heavy atom. The third kappa shape index (κ3) is 3.40. The molecular formula is C23H24N4O. The van der Waals surface area contributed by atoms with Crippen molar-refractivity contribution in [3.8, 4) is 0 Å². The van der Waals surface area contributed by atoms with E-state index in [0.29, 0.717) is 6.42 Å². The van der Waals surface area contributed by atoms with Crippen molar-refractivity contribution in [1.82, 2.24) is 15.0 Å². The van der Waals surface area contributed by atoms with Crippen LogP contribution >= 0.6 is 0 Å². The van der Waals surface area contributed by atoms with Crippen molar-refractivity contribution in [1.29, 1.82) is 0 Å². The maximum absolute atomic E-state index is 13.1. The SMILES string of the molecule is Cc1ccc(C2=NN(C(=O)C(C)(C)C)C(c3ccc4nccnc4c3)C2)cc1. The number of carbonyl (C=O) groups excluding carboxylic acids is 1. The molecule has 2 aromatic carbocycles. The number of fused-ring (bicyclic) bond motifs is 1. The van der Waals surface area contributed by atoms with Crippen LogP contribution in [0.5, 0.6) is 0 Å². The molecule has 5 heteroatoms. The molecule has 4 rings (SSSR count). The summed E-state index contributed by atoms with van der Waals surface area (Å²) in [6.07, 6.45) is 4.05. The van der Waals surface area contributed by atoms with E-state index in [1.807, 2.05) is 39.0 Å². The highest BCUT2D eigenvalue weighted by Crippen LogP contribution is 2.36. The van der Waals surface area contributed by atoms with Crippen LogP contribution in [0.4, 0.5) is 0 Å². The van der Waals surface area contributed by atoms with Crippen molar-refractivity contribution in [3.63, 3.8) is 0 Å². The van der Waals surface area contributed by atoms with Crippen LogP contribution in [0.1, 0.15) is 49.9 Å². The van der Waals surface area contributed by atoms with E-state index in [9.17, 15) is 4.79 Å². The molecule has 1 aliphatic rings. The lowest BCUT2D eigenvalue weighted by Crippen LogP contribution is -2.36. The number of aryl methyl sites for hydroxylation is 1. The molecule has 0 aliphatic carbocycles. The monoisotopic (exact) mass is 372 g/mol. The summed E-state index contributed by atoms with van der Waals surface area (Å²) in [5.41, 5.74) is 5.37. The fraction of sp³-hybridized carbons (Fsp3) is 0.304. The average Bonchev–Trinajstić information content (AvgIpc) is 3.12. The molecule has 0 bridgehead atoms. The van der Waals surface area contributed by atoms with Gasteiger partial charge in [-0.3, -0.25) is 14.8 Å². The Kier molecular flexibility index (Phi) is 4.46. The zero-order valence-corrected chi connectivity index (χ0v) is 16.7. The highest BCUT2D eigenvalue weighted by atomic mass is 16.2. The lowest BCUT2D eigenvalue weighted by atomic mass is 9.92. The van der Waals surface area contributed by atoms with Gasteiger partial charge in [-0.2, -0.15) is 5.10 Å². The lowest BCUT2D eigenvalue weighted by molar-refractivity contribution is -0.141. The highest BCUT2D eigenvalue weighted by molar-refractivity contribution is 6.03. The van der Waals surface area contributed by atoms with Gasteiger partial charge >= 0.3 is 0 Å². The maximum Gasteiger partial charge on any atom is 0.248 e. The summed E-state index contributed by atoms with van der Waals surface area (Å²) in [4.78, 5) is 21.9. The first kappa shape index (κ1) is 18.3. The summed E-state index contributed by atoms with van der Waals surface area (Å²) in [7, 11) is 0. The number of benzene rings is 2. The van der Waals surface area contributed by atoms with Crippen LogP contribution in [0.25, 0.3) is 11.0 Å². The van der Waals surface area contributed by atoms with Gasteiger partial charge in [0.1, 0.15) is 0 Å². The molecule has 0 N–H and O–H groups in total. The lowest BCUT2D eigenvalue weighted by Gasteiger charge is -2.28. The van der Waals surface area contributed by atoms with Crippen LogP contribution in [-0.2, 0) is 4.79 Å². The Labute approximate surface area is 165 Å². The Hall–Kier alpha value is -3.08. The van der Waals surface area contributed by atoms with E-state index in [0.717, 1.165) is 27.9 Å². The molecule has 0 spiro atoms. The molecule has 5 nitrogen and oxygen atoms in total. The van der Waals surface area contributed by atoms with Gasteiger partial charge in [0.2, 0.25) is 5.91 Å². The van der Waals surface area contributed by atoms with Gasteiger partial charge in [0, 0.05) is 24.2 Å². The second-order valence-corrected chi connectivity index (χ2v) is 8.34. The number of hydrogen-bond donors (Lipinski definition) is 0. The zero-order valence-electron chi connectivity index (χ0n) is 16.7. The first-order valence-electron chi connectivity index (χ1n) is 9.52. The molecule has 1 aromatic heterocycles. The van der Waals surface area contributed by atoms with Crippen LogP contribution in [0, 0.1) is 12.3 Å². The predicted molar refractivity (Wildman–Crippen MR) is 111 cm³/mol. The minimum atomic E-state index is -0.513. The topological polar surface area (TPSA) is 58.5 Å². The fourth-order valence-corrected chi connectivity index (χ4v) is 3.41. The number of aromatic nitrogens is 2. The number of rotatable bonds is 2. The minimum absolute atomic E-state index is 0.0128. The van der Waals surface area contributed by atoms with Crippen LogP contribution in [0.3, 0.4) is 0 Å². The molecule has 0 fully saturated rings. The minimum Gasteiger partial charge on any atom is -0.272 e. The van der Waals surface area contributed by atoms with E-state index >= 15 is 0 Å².